The van der Waals surface area contributed by atoms with E-state index >= 15 is 0 Å². The number of carbonyl (C=O) groups excluding carboxylic acids is 1. The standard InChI is InChI=1S/C25H32O3Si/c1-21(13-11-14-22(27)15-12-20-26)28-29(25(2,3)4,23-16-7-5-8-17-23)24-18-9-6-10-19-24/h5-10,16-19,21,26H,12-13,15,20H2,1-4H3. The van der Waals surface area contributed by atoms with Crippen LogP contribution in [0.2, 0.25) is 5.04 Å². The maximum atomic E-state index is 11.8. The predicted octanol–water partition coefficient (Wildman–Crippen LogP) is 3.69. The topological polar surface area (TPSA) is 46.5 Å². The highest BCUT2D eigenvalue weighted by molar-refractivity contribution is 6.99. The van der Waals surface area contributed by atoms with Crippen LogP contribution in [0.15, 0.2) is 60.7 Å². The molecule has 1 N–H and O–H groups in total. The normalized spacial score (nSPS) is 12.7. The van der Waals surface area contributed by atoms with Gasteiger partial charge < -0.3 is 9.53 Å². The summed E-state index contributed by atoms with van der Waals surface area (Å²) in [5.41, 5.74) is 0. The number of hydrogen-bond acceptors (Lipinski definition) is 3. The molecule has 0 radical (unpaired) electrons. The van der Waals surface area contributed by atoms with E-state index in [1.165, 1.54) is 10.4 Å². The van der Waals surface area contributed by atoms with Crippen LogP contribution in [0.4, 0.5) is 0 Å². The quantitative estimate of drug-likeness (QED) is 0.412. The molecule has 0 amide bonds. The molecule has 0 aliphatic rings. The van der Waals surface area contributed by atoms with Crippen molar-refractivity contribution in [1.82, 2.24) is 0 Å². The smallest absolute Gasteiger partial charge is 0.261 e. The van der Waals surface area contributed by atoms with Gasteiger partial charge in [0.1, 0.15) is 0 Å². The number of aliphatic hydroxyl groups is 1. The molecule has 1 atom stereocenters. The Labute approximate surface area is 176 Å². The van der Waals surface area contributed by atoms with Gasteiger partial charge in [-0.3, -0.25) is 4.79 Å². The monoisotopic (exact) mass is 408 g/mol. The number of Topliss-reactive ketones (excluding diaryl/α,β-unsaturated/α-hetero) is 1. The van der Waals surface area contributed by atoms with E-state index in [0.717, 1.165) is 0 Å². The van der Waals surface area contributed by atoms with Crippen LogP contribution in [0.1, 0.15) is 47.0 Å². The van der Waals surface area contributed by atoms with Crippen LogP contribution in [0.3, 0.4) is 0 Å². The van der Waals surface area contributed by atoms with E-state index in [2.05, 4.69) is 81.1 Å². The van der Waals surface area contributed by atoms with E-state index in [1.807, 2.05) is 19.1 Å². The van der Waals surface area contributed by atoms with Gasteiger partial charge in [-0.05, 0) is 34.7 Å². The number of ketones is 1. The molecule has 0 heterocycles. The fourth-order valence-electron chi connectivity index (χ4n) is 3.63. The van der Waals surface area contributed by atoms with Crippen LogP contribution in [0, 0.1) is 11.8 Å². The Morgan fingerprint density at radius 2 is 1.55 bits per heavy atom. The summed E-state index contributed by atoms with van der Waals surface area (Å²) in [6.07, 6.45) is 1.14. The van der Waals surface area contributed by atoms with Crippen LogP contribution in [-0.2, 0) is 9.22 Å². The Kier molecular flexibility index (Phi) is 8.40. The van der Waals surface area contributed by atoms with Gasteiger partial charge in [-0.2, -0.15) is 0 Å². The average molecular weight is 409 g/mol. The summed E-state index contributed by atoms with van der Waals surface area (Å²) >= 11 is 0. The lowest BCUT2D eigenvalue weighted by Crippen LogP contribution is -2.67. The van der Waals surface area contributed by atoms with Crippen LogP contribution < -0.4 is 10.4 Å². The van der Waals surface area contributed by atoms with Gasteiger partial charge in [0.2, 0.25) is 5.78 Å². The average Bonchev–Trinajstić information content (AvgIpc) is 2.71. The Bertz CT molecular complexity index is 790. The Hall–Kier alpha value is -2.19. The van der Waals surface area contributed by atoms with Gasteiger partial charge in [-0.25, -0.2) is 0 Å². The van der Waals surface area contributed by atoms with Gasteiger partial charge >= 0.3 is 0 Å². The first kappa shape index (κ1) is 23.1. The molecule has 0 saturated carbocycles. The molecule has 2 aromatic carbocycles. The lowest BCUT2D eigenvalue weighted by Gasteiger charge is -2.44. The molecule has 0 fully saturated rings. The van der Waals surface area contributed by atoms with Crippen molar-refractivity contribution in [3.63, 3.8) is 0 Å². The second-order valence-electron chi connectivity index (χ2n) is 8.35. The molecule has 4 heteroatoms. The van der Waals surface area contributed by atoms with Crippen LogP contribution in [0.25, 0.3) is 0 Å². The van der Waals surface area contributed by atoms with Crippen molar-refractivity contribution >= 4 is 24.5 Å². The number of aliphatic hydroxyl groups excluding tert-OH is 1. The minimum Gasteiger partial charge on any atom is -0.404 e. The van der Waals surface area contributed by atoms with E-state index < -0.39 is 8.32 Å². The van der Waals surface area contributed by atoms with Gasteiger partial charge in [0.05, 0.1) is 6.10 Å². The van der Waals surface area contributed by atoms with Gasteiger partial charge in [-0.1, -0.05) is 87.4 Å². The highest BCUT2D eigenvalue weighted by atomic mass is 28.4. The summed E-state index contributed by atoms with van der Waals surface area (Å²) in [4.78, 5) is 11.8. The van der Waals surface area contributed by atoms with E-state index in [-0.39, 0.29) is 23.5 Å². The summed E-state index contributed by atoms with van der Waals surface area (Å²) in [6.45, 7) is 8.79. The van der Waals surface area contributed by atoms with Crippen molar-refractivity contribution in [3.8, 4) is 11.8 Å². The second-order valence-corrected chi connectivity index (χ2v) is 12.6. The van der Waals surface area contributed by atoms with E-state index in [1.54, 1.807) is 0 Å². The van der Waals surface area contributed by atoms with Gasteiger partial charge in [0, 0.05) is 19.4 Å². The van der Waals surface area contributed by atoms with Crippen LogP contribution in [0.5, 0.6) is 0 Å². The molecule has 2 rings (SSSR count). The first-order chi connectivity index (χ1) is 13.8. The first-order valence-electron chi connectivity index (χ1n) is 10.2. The molecule has 0 aromatic heterocycles. The predicted molar refractivity (Wildman–Crippen MR) is 122 cm³/mol. The van der Waals surface area contributed by atoms with Crippen molar-refractivity contribution in [2.75, 3.05) is 6.61 Å². The lowest BCUT2D eigenvalue weighted by atomic mass is 10.2. The van der Waals surface area contributed by atoms with E-state index in [4.69, 9.17) is 9.53 Å². The molecular formula is C25H32O3Si. The fourth-order valence-corrected chi connectivity index (χ4v) is 8.33. The minimum absolute atomic E-state index is 0.0147. The van der Waals surface area contributed by atoms with Gasteiger partial charge in [-0.15, -0.1) is 0 Å². The molecule has 3 nitrogen and oxygen atoms in total. The van der Waals surface area contributed by atoms with Crippen molar-refractivity contribution in [2.45, 2.75) is 58.1 Å². The lowest BCUT2D eigenvalue weighted by molar-refractivity contribution is -0.114. The molecular weight excluding hydrogens is 376 g/mol. The number of hydrogen-bond donors (Lipinski definition) is 1. The molecule has 0 aliphatic carbocycles. The van der Waals surface area contributed by atoms with Crippen LogP contribution >= 0.6 is 0 Å². The van der Waals surface area contributed by atoms with E-state index in [9.17, 15) is 4.79 Å². The third-order valence-corrected chi connectivity index (χ3v) is 10.1. The zero-order valence-electron chi connectivity index (χ0n) is 17.9. The summed E-state index contributed by atoms with van der Waals surface area (Å²) < 4.78 is 6.92. The summed E-state index contributed by atoms with van der Waals surface area (Å²) in [7, 11) is -2.60. The van der Waals surface area contributed by atoms with Crippen molar-refractivity contribution in [2.24, 2.45) is 0 Å². The Morgan fingerprint density at radius 1 is 1.03 bits per heavy atom. The Morgan fingerprint density at radius 3 is 2.00 bits per heavy atom. The highest BCUT2D eigenvalue weighted by Gasteiger charge is 2.50. The fraction of sp³-hybridized carbons (Fsp3) is 0.400. The molecule has 154 valence electrons. The van der Waals surface area contributed by atoms with Crippen LogP contribution in [-0.4, -0.2) is 31.9 Å². The van der Waals surface area contributed by atoms with Crippen molar-refractivity contribution in [3.05, 3.63) is 60.7 Å². The molecule has 29 heavy (non-hydrogen) atoms. The Balaban J connectivity index is 2.36. The van der Waals surface area contributed by atoms with Crippen molar-refractivity contribution in [1.29, 1.82) is 0 Å². The molecule has 0 spiro atoms. The SMILES string of the molecule is CC(CC#CC(=O)CCCO)O[Si](c1ccccc1)(c1ccccc1)C(C)(C)C. The maximum absolute atomic E-state index is 11.8. The molecule has 0 saturated heterocycles. The van der Waals surface area contributed by atoms with E-state index in [0.29, 0.717) is 19.3 Å². The molecule has 1 unspecified atom stereocenters. The number of rotatable bonds is 8. The third-order valence-electron chi connectivity index (χ3n) is 4.97. The molecule has 0 bridgehead atoms. The van der Waals surface area contributed by atoms with Gasteiger partial charge in [0.15, 0.2) is 0 Å². The highest BCUT2D eigenvalue weighted by Crippen LogP contribution is 2.37. The third kappa shape index (κ3) is 5.90. The number of benzene rings is 2. The van der Waals surface area contributed by atoms with Crippen molar-refractivity contribution < 1.29 is 14.3 Å². The molecule has 2 aromatic rings. The molecule has 0 aliphatic heterocycles. The zero-order valence-corrected chi connectivity index (χ0v) is 18.9. The van der Waals surface area contributed by atoms with Gasteiger partial charge in [0.25, 0.3) is 8.32 Å². The zero-order chi connectivity index (χ0) is 21.3. The summed E-state index contributed by atoms with van der Waals surface area (Å²) in [5.74, 6) is 5.55. The summed E-state index contributed by atoms with van der Waals surface area (Å²) in [6, 6.07) is 21.0. The summed E-state index contributed by atoms with van der Waals surface area (Å²) in [5, 5.41) is 11.2. The second kappa shape index (κ2) is 10.5. The minimum atomic E-state index is -2.60. The largest absolute Gasteiger partial charge is 0.404 e. The first-order valence-corrected chi connectivity index (χ1v) is 12.1. The number of carbonyl (C=O) groups is 1. The maximum Gasteiger partial charge on any atom is 0.261 e.